The number of imidazole rings is 1. The zero-order valence-electron chi connectivity index (χ0n) is 18.4. The molecule has 5 aromatic rings. The van der Waals surface area contributed by atoms with Crippen LogP contribution in [0.4, 0.5) is 0 Å². The summed E-state index contributed by atoms with van der Waals surface area (Å²) in [5, 5.41) is 13.7. The Bertz CT molecular complexity index is 1480. The maximum absolute atomic E-state index is 9.39. The number of nitrogens with one attached hydrogen (secondary N) is 1. The summed E-state index contributed by atoms with van der Waals surface area (Å²) in [6.07, 6.45) is 3.47. The Morgan fingerprint density at radius 3 is 2.79 bits per heavy atom. The molecule has 0 bridgehead atoms. The molecule has 0 saturated carbocycles. The fraction of sp³-hybridized carbons (Fsp3) is 0.125. The van der Waals surface area contributed by atoms with Gasteiger partial charge in [-0.1, -0.05) is 24.3 Å². The Labute approximate surface area is 192 Å². The molecular weight excluding hydrogens is 411 g/mol. The summed E-state index contributed by atoms with van der Waals surface area (Å²) in [5.41, 5.74) is 6.82. The lowest BCUT2D eigenvalue weighted by Crippen LogP contribution is -2.20. The van der Waals surface area contributed by atoms with Crippen molar-refractivity contribution < 1.29 is 0 Å². The van der Waals surface area contributed by atoms with E-state index in [1.165, 1.54) is 6.33 Å². The maximum Gasteiger partial charge on any atom is 0.186 e. The minimum atomic E-state index is 0.587. The highest BCUT2D eigenvalue weighted by Crippen LogP contribution is 2.29. The molecule has 5 rings (SSSR count). The van der Waals surface area contributed by atoms with Crippen molar-refractivity contribution >= 4 is 13.6 Å². The molecule has 33 heavy (non-hydrogen) atoms. The molecular formula is C24H21BN8. The van der Waals surface area contributed by atoms with Crippen molar-refractivity contribution in [3.8, 4) is 28.7 Å². The van der Waals surface area contributed by atoms with E-state index < -0.39 is 0 Å². The second-order valence-electron chi connectivity index (χ2n) is 7.99. The van der Waals surface area contributed by atoms with E-state index in [4.69, 9.17) is 9.97 Å². The molecule has 160 valence electrons. The predicted molar refractivity (Wildman–Crippen MR) is 127 cm³/mol. The molecule has 4 heterocycles. The molecule has 0 radical (unpaired) electrons. The number of aromatic amines is 1. The number of nitriles is 1. The summed E-state index contributed by atoms with van der Waals surface area (Å²) in [4.78, 5) is 19.5. The van der Waals surface area contributed by atoms with Crippen molar-refractivity contribution in [3.63, 3.8) is 0 Å². The summed E-state index contributed by atoms with van der Waals surface area (Å²) in [6, 6.07) is 19.8. The Hall–Kier alpha value is -4.29. The lowest BCUT2D eigenvalue weighted by molar-refractivity contribution is 0.432. The second-order valence-corrected chi connectivity index (χ2v) is 7.99. The summed E-state index contributed by atoms with van der Waals surface area (Å²) in [7, 11) is 2.02. The number of fused-ring (bicyclic) bond motifs is 1. The molecule has 0 fully saturated rings. The first-order valence-electron chi connectivity index (χ1n) is 10.6. The van der Waals surface area contributed by atoms with E-state index in [9.17, 15) is 5.26 Å². The summed E-state index contributed by atoms with van der Waals surface area (Å²) >= 11 is 0. The quantitative estimate of drug-likeness (QED) is 0.415. The van der Waals surface area contributed by atoms with Crippen LogP contribution in [-0.2, 0) is 13.1 Å². The number of hydrogen-bond acceptors (Lipinski definition) is 6. The van der Waals surface area contributed by atoms with Gasteiger partial charge in [-0.3, -0.25) is 4.98 Å². The van der Waals surface area contributed by atoms with E-state index in [1.54, 1.807) is 4.52 Å². The Morgan fingerprint density at radius 2 is 1.94 bits per heavy atom. The second kappa shape index (κ2) is 8.69. The largest absolute Gasteiger partial charge is 0.340 e. The van der Waals surface area contributed by atoms with Crippen LogP contribution >= 0.6 is 0 Å². The van der Waals surface area contributed by atoms with Gasteiger partial charge in [-0.05, 0) is 42.8 Å². The molecule has 0 amide bonds. The van der Waals surface area contributed by atoms with E-state index in [-0.39, 0.29) is 0 Å². The first kappa shape index (κ1) is 20.6. The molecule has 0 atom stereocenters. The Balaban J connectivity index is 1.50. The highest BCUT2D eigenvalue weighted by atomic mass is 15.3. The Kier molecular flexibility index (Phi) is 5.43. The van der Waals surface area contributed by atoms with Gasteiger partial charge in [-0.25, -0.2) is 14.5 Å². The first-order valence-corrected chi connectivity index (χ1v) is 10.6. The van der Waals surface area contributed by atoms with Crippen LogP contribution in [0.2, 0.25) is 0 Å². The van der Waals surface area contributed by atoms with Crippen molar-refractivity contribution in [2.24, 2.45) is 0 Å². The fourth-order valence-electron chi connectivity index (χ4n) is 3.90. The number of nitrogens with zero attached hydrogens (tertiary/aromatic N) is 7. The van der Waals surface area contributed by atoms with Gasteiger partial charge in [-0.15, -0.1) is 0 Å². The molecule has 0 saturated heterocycles. The van der Waals surface area contributed by atoms with E-state index in [2.05, 4.69) is 25.9 Å². The average Bonchev–Trinajstić information content (AvgIpc) is 3.46. The summed E-state index contributed by atoms with van der Waals surface area (Å²) in [5.74, 6) is 0.818. The van der Waals surface area contributed by atoms with Gasteiger partial charge in [-0.2, -0.15) is 10.4 Å². The molecule has 0 spiro atoms. The van der Waals surface area contributed by atoms with Gasteiger partial charge in [0.05, 0.1) is 23.0 Å². The Morgan fingerprint density at radius 1 is 1.06 bits per heavy atom. The van der Waals surface area contributed by atoms with E-state index in [0.717, 1.165) is 45.4 Å². The smallest absolute Gasteiger partial charge is 0.186 e. The number of aromatic nitrogens is 6. The molecule has 0 aliphatic carbocycles. The SMILES string of the molecule is BN(Cc1nc(-c2cccc(C)n2)c(-c2ccc3ncnn3c2)[nH]1)Cc1ccccc1C#N. The third kappa shape index (κ3) is 4.24. The van der Waals surface area contributed by atoms with Crippen LogP contribution in [0.25, 0.3) is 28.3 Å². The number of aryl methyl sites for hydroxylation is 1. The lowest BCUT2D eigenvalue weighted by atomic mass is 10.1. The number of H-pyrrole nitrogens is 1. The van der Waals surface area contributed by atoms with Crippen molar-refractivity contribution in [3.05, 3.63) is 89.8 Å². The standard InChI is InChI=1S/C24H21BN8/c1-16-5-4-8-20(29-16)24-23(19-9-10-22-27-15-28-33(22)13-19)30-21(31-24)14-32(25)12-18-7-3-2-6-17(18)11-26/h2-10,13,15H,12,14,25H2,1H3,(H,30,31). The molecule has 0 aliphatic rings. The van der Waals surface area contributed by atoms with E-state index in [0.29, 0.717) is 18.7 Å². The first-order chi connectivity index (χ1) is 16.1. The highest BCUT2D eigenvalue weighted by molar-refractivity contribution is 6.04. The van der Waals surface area contributed by atoms with Gasteiger partial charge in [0.2, 0.25) is 0 Å². The van der Waals surface area contributed by atoms with Gasteiger partial charge in [0.25, 0.3) is 0 Å². The van der Waals surface area contributed by atoms with Crippen molar-refractivity contribution in [1.29, 1.82) is 5.26 Å². The van der Waals surface area contributed by atoms with Crippen LogP contribution in [0.3, 0.4) is 0 Å². The van der Waals surface area contributed by atoms with Crippen molar-refractivity contribution in [2.45, 2.75) is 20.0 Å². The molecule has 4 aromatic heterocycles. The topological polar surface area (TPSA) is 98.8 Å². The minimum Gasteiger partial charge on any atom is -0.340 e. The zero-order valence-corrected chi connectivity index (χ0v) is 18.4. The molecule has 9 heteroatoms. The van der Waals surface area contributed by atoms with Crippen molar-refractivity contribution in [1.82, 2.24) is 34.4 Å². The van der Waals surface area contributed by atoms with Crippen molar-refractivity contribution in [2.75, 3.05) is 0 Å². The molecule has 8 nitrogen and oxygen atoms in total. The van der Waals surface area contributed by atoms with Gasteiger partial charge in [0, 0.05) is 30.5 Å². The average molecular weight is 432 g/mol. The van der Waals surface area contributed by atoms with Gasteiger partial charge >= 0.3 is 0 Å². The zero-order chi connectivity index (χ0) is 22.8. The summed E-state index contributed by atoms with van der Waals surface area (Å²) in [6.45, 7) is 3.20. The van der Waals surface area contributed by atoms with Gasteiger partial charge in [0.15, 0.2) is 13.6 Å². The maximum atomic E-state index is 9.39. The lowest BCUT2D eigenvalue weighted by Gasteiger charge is -2.16. The third-order valence-corrected chi connectivity index (χ3v) is 5.44. The van der Waals surface area contributed by atoms with E-state index >= 15 is 0 Å². The van der Waals surface area contributed by atoms with E-state index in [1.807, 2.05) is 75.7 Å². The predicted octanol–water partition coefficient (Wildman–Crippen LogP) is 2.91. The number of rotatable bonds is 6. The molecule has 0 unspecified atom stereocenters. The number of benzene rings is 1. The third-order valence-electron chi connectivity index (χ3n) is 5.44. The number of hydrogen-bond donors (Lipinski definition) is 1. The van der Waals surface area contributed by atoms with Gasteiger partial charge in [0.1, 0.15) is 17.8 Å². The fourth-order valence-corrected chi connectivity index (χ4v) is 3.90. The van der Waals surface area contributed by atoms with Crippen LogP contribution in [-0.4, -0.2) is 42.3 Å². The molecule has 1 N–H and O–H groups in total. The van der Waals surface area contributed by atoms with Crippen LogP contribution in [0.5, 0.6) is 0 Å². The van der Waals surface area contributed by atoms with Crippen LogP contribution in [0, 0.1) is 18.3 Å². The summed E-state index contributed by atoms with van der Waals surface area (Å²) < 4.78 is 1.74. The molecule has 0 aliphatic heterocycles. The number of pyridine rings is 2. The minimum absolute atomic E-state index is 0.587. The van der Waals surface area contributed by atoms with Crippen LogP contribution in [0.15, 0.2) is 67.1 Å². The molecule has 1 aromatic carbocycles. The van der Waals surface area contributed by atoms with Crippen LogP contribution in [0.1, 0.15) is 22.6 Å². The highest BCUT2D eigenvalue weighted by Gasteiger charge is 2.17. The van der Waals surface area contributed by atoms with Crippen LogP contribution < -0.4 is 0 Å². The van der Waals surface area contributed by atoms with Gasteiger partial charge < -0.3 is 9.79 Å². The normalized spacial score (nSPS) is 11.2. The monoisotopic (exact) mass is 432 g/mol.